The molecule has 0 aliphatic carbocycles. The number of cyclic esters (lactones) is 4. The number of carbonyl (C=O) groups excluding carboxylic acids is 4. The Labute approximate surface area is 123 Å². The van der Waals surface area contributed by atoms with Crippen molar-refractivity contribution in [3.8, 4) is 0 Å². The molecule has 1 atom stereocenters. The normalized spacial score (nSPS) is 20.3. The second kappa shape index (κ2) is 4.24. The van der Waals surface area contributed by atoms with Gasteiger partial charge in [-0.25, -0.2) is 9.59 Å². The lowest BCUT2D eigenvalue weighted by molar-refractivity contribution is -0.152. The minimum absolute atomic E-state index is 0.0559. The molecule has 1 unspecified atom stereocenters. The molecule has 6 heteroatoms. The predicted octanol–water partition coefficient (Wildman–Crippen LogP) is 1.71. The number of ether oxygens (including phenoxy) is 2. The summed E-state index contributed by atoms with van der Waals surface area (Å²) in [5, 5.41) is 1.27. The second-order valence-electron chi connectivity index (χ2n) is 5.16. The van der Waals surface area contributed by atoms with Gasteiger partial charge in [-0.15, -0.1) is 0 Å². The highest BCUT2D eigenvalue weighted by atomic mass is 16.6. The maximum absolute atomic E-state index is 12.0. The Bertz CT molecular complexity index is 895. The summed E-state index contributed by atoms with van der Waals surface area (Å²) in [4.78, 5) is 47.1. The highest BCUT2D eigenvalue weighted by Gasteiger charge is 2.42. The van der Waals surface area contributed by atoms with Crippen molar-refractivity contribution >= 4 is 34.6 Å². The predicted molar refractivity (Wildman–Crippen MR) is 72.2 cm³/mol. The molecule has 2 aromatic carbocycles. The number of carbonyl (C=O) groups is 4. The Kier molecular flexibility index (Phi) is 2.45. The zero-order valence-electron chi connectivity index (χ0n) is 11.1. The van der Waals surface area contributed by atoms with Crippen molar-refractivity contribution < 1.29 is 28.7 Å². The summed E-state index contributed by atoms with van der Waals surface area (Å²) in [7, 11) is 0. The molecule has 2 aromatic rings. The van der Waals surface area contributed by atoms with E-state index in [-0.39, 0.29) is 17.5 Å². The van der Waals surface area contributed by atoms with Gasteiger partial charge in [0, 0.05) is 0 Å². The molecule has 0 saturated carbocycles. The Morgan fingerprint density at radius 1 is 0.909 bits per heavy atom. The number of hydrogen-bond acceptors (Lipinski definition) is 6. The number of fused-ring (bicyclic) bond motifs is 3. The van der Waals surface area contributed by atoms with Crippen LogP contribution in [0.5, 0.6) is 0 Å². The summed E-state index contributed by atoms with van der Waals surface area (Å²) < 4.78 is 9.23. The lowest BCUT2D eigenvalue weighted by atomic mass is 9.87. The summed E-state index contributed by atoms with van der Waals surface area (Å²) in [6, 6.07) is 8.62. The van der Waals surface area contributed by atoms with Gasteiger partial charge < -0.3 is 9.47 Å². The van der Waals surface area contributed by atoms with E-state index in [0.29, 0.717) is 16.3 Å². The molecule has 0 radical (unpaired) electrons. The Morgan fingerprint density at radius 3 is 2.36 bits per heavy atom. The standard InChI is InChI=1S/C16H8O6/c17-11-6-10(14(18)21-11)9-5-7-3-1-2-4-8(7)12-13(9)16(20)22-15(12)19/h1-5,10H,6H2. The van der Waals surface area contributed by atoms with E-state index < -0.39 is 29.8 Å². The van der Waals surface area contributed by atoms with Crippen molar-refractivity contribution in [3.05, 3.63) is 47.0 Å². The third kappa shape index (κ3) is 1.60. The molecular weight excluding hydrogens is 288 g/mol. The van der Waals surface area contributed by atoms with Gasteiger partial charge in [0.05, 0.1) is 23.5 Å². The van der Waals surface area contributed by atoms with E-state index in [2.05, 4.69) is 9.47 Å². The van der Waals surface area contributed by atoms with Gasteiger partial charge in [-0.1, -0.05) is 24.3 Å². The quantitative estimate of drug-likeness (QED) is 0.588. The van der Waals surface area contributed by atoms with Crippen LogP contribution in [-0.4, -0.2) is 23.9 Å². The second-order valence-corrected chi connectivity index (χ2v) is 5.16. The minimum Gasteiger partial charge on any atom is -0.393 e. The van der Waals surface area contributed by atoms with Gasteiger partial charge in [-0.2, -0.15) is 0 Å². The molecule has 0 N–H and O–H groups in total. The molecule has 0 spiro atoms. The summed E-state index contributed by atoms with van der Waals surface area (Å²) >= 11 is 0. The van der Waals surface area contributed by atoms with E-state index in [4.69, 9.17) is 0 Å². The monoisotopic (exact) mass is 296 g/mol. The van der Waals surface area contributed by atoms with Gasteiger partial charge in [0.15, 0.2) is 0 Å². The number of esters is 4. The van der Waals surface area contributed by atoms with Crippen molar-refractivity contribution in [1.82, 2.24) is 0 Å². The zero-order chi connectivity index (χ0) is 15.4. The van der Waals surface area contributed by atoms with Crippen LogP contribution in [0.4, 0.5) is 0 Å². The maximum atomic E-state index is 12.0. The topological polar surface area (TPSA) is 86.7 Å². The van der Waals surface area contributed by atoms with E-state index in [0.717, 1.165) is 0 Å². The van der Waals surface area contributed by atoms with Crippen molar-refractivity contribution in [1.29, 1.82) is 0 Å². The molecule has 2 aliphatic heterocycles. The fourth-order valence-corrected chi connectivity index (χ4v) is 2.97. The van der Waals surface area contributed by atoms with Gasteiger partial charge in [0.1, 0.15) is 0 Å². The first-order valence-corrected chi connectivity index (χ1v) is 6.63. The van der Waals surface area contributed by atoms with Crippen LogP contribution in [-0.2, 0) is 19.1 Å². The van der Waals surface area contributed by atoms with Crippen LogP contribution < -0.4 is 0 Å². The fraction of sp³-hybridized carbons (Fsp3) is 0.125. The number of hydrogen-bond donors (Lipinski definition) is 0. The van der Waals surface area contributed by atoms with Gasteiger partial charge >= 0.3 is 23.9 Å². The fourth-order valence-electron chi connectivity index (χ4n) is 2.97. The zero-order valence-corrected chi connectivity index (χ0v) is 11.1. The molecular formula is C16H8O6. The van der Waals surface area contributed by atoms with E-state index in [1.165, 1.54) is 0 Å². The molecule has 0 amide bonds. The average Bonchev–Trinajstić information content (AvgIpc) is 2.98. The van der Waals surface area contributed by atoms with Crippen molar-refractivity contribution in [3.63, 3.8) is 0 Å². The van der Waals surface area contributed by atoms with Crippen LogP contribution in [0.1, 0.15) is 38.6 Å². The van der Waals surface area contributed by atoms with E-state index >= 15 is 0 Å². The van der Waals surface area contributed by atoms with E-state index in [1.807, 2.05) is 0 Å². The minimum atomic E-state index is -0.885. The van der Waals surface area contributed by atoms with Crippen LogP contribution in [0.2, 0.25) is 0 Å². The molecule has 0 bridgehead atoms. The first-order chi connectivity index (χ1) is 10.6. The maximum Gasteiger partial charge on any atom is 0.347 e. The van der Waals surface area contributed by atoms with E-state index in [1.54, 1.807) is 30.3 Å². The molecule has 22 heavy (non-hydrogen) atoms. The summed E-state index contributed by atoms with van der Waals surface area (Å²) in [5.74, 6) is -3.78. The third-order valence-electron chi connectivity index (χ3n) is 3.92. The van der Waals surface area contributed by atoms with Crippen LogP contribution in [0.25, 0.3) is 10.8 Å². The molecule has 1 fully saturated rings. The largest absolute Gasteiger partial charge is 0.393 e. The lowest BCUT2D eigenvalue weighted by Crippen LogP contribution is -2.11. The smallest absolute Gasteiger partial charge is 0.347 e. The summed E-state index contributed by atoms with van der Waals surface area (Å²) in [6.45, 7) is 0. The van der Waals surface area contributed by atoms with Gasteiger partial charge in [0.2, 0.25) is 0 Å². The molecule has 4 rings (SSSR count). The first kappa shape index (κ1) is 12.7. The lowest BCUT2D eigenvalue weighted by Gasteiger charge is -2.11. The molecule has 108 valence electrons. The Morgan fingerprint density at radius 2 is 1.64 bits per heavy atom. The SMILES string of the molecule is O=C1CC(c2cc3ccccc3c3c2C(=O)OC3=O)C(=O)O1. The Balaban J connectivity index is 2.06. The molecule has 6 nitrogen and oxygen atoms in total. The van der Waals surface area contributed by atoms with Gasteiger partial charge in [-0.3, -0.25) is 9.59 Å². The Hall–Kier alpha value is -3.02. The molecule has 0 aromatic heterocycles. The number of benzene rings is 2. The molecule has 2 heterocycles. The molecule has 1 saturated heterocycles. The molecule has 2 aliphatic rings. The van der Waals surface area contributed by atoms with Gasteiger partial charge in [0.25, 0.3) is 0 Å². The van der Waals surface area contributed by atoms with Crippen LogP contribution >= 0.6 is 0 Å². The van der Waals surface area contributed by atoms with Crippen molar-refractivity contribution in [2.24, 2.45) is 0 Å². The number of rotatable bonds is 1. The van der Waals surface area contributed by atoms with Crippen LogP contribution in [0.15, 0.2) is 30.3 Å². The van der Waals surface area contributed by atoms with Crippen LogP contribution in [0, 0.1) is 0 Å². The van der Waals surface area contributed by atoms with E-state index in [9.17, 15) is 19.2 Å². The highest BCUT2D eigenvalue weighted by molar-refractivity contribution is 6.22. The van der Waals surface area contributed by atoms with Crippen molar-refractivity contribution in [2.75, 3.05) is 0 Å². The van der Waals surface area contributed by atoms with Crippen molar-refractivity contribution in [2.45, 2.75) is 12.3 Å². The third-order valence-corrected chi connectivity index (χ3v) is 3.92. The first-order valence-electron chi connectivity index (χ1n) is 6.63. The highest BCUT2D eigenvalue weighted by Crippen LogP contribution is 2.38. The summed E-state index contributed by atoms with van der Waals surface area (Å²) in [6.07, 6.45) is -0.148. The van der Waals surface area contributed by atoms with Gasteiger partial charge in [-0.05, 0) is 22.4 Å². The summed E-state index contributed by atoms with van der Waals surface area (Å²) in [5.41, 5.74) is 0.506. The average molecular weight is 296 g/mol. The van der Waals surface area contributed by atoms with Crippen LogP contribution in [0.3, 0.4) is 0 Å².